The molecule has 0 aliphatic rings. The van der Waals surface area contributed by atoms with Gasteiger partial charge >= 0.3 is 0 Å². The Bertz CT molecular complexity index is 1520. The minimum Gasteiger partial charge on any atom is -0.216 e. The lowest BCUT2D eigenvalue weighted by Crippen LogP contribution is -1.99. The van der Waals surface area contributed by atoms with Crippen LogP contribution in [0.15, 0.2) is 79.3 Å². The van der Waals surface area contributed by atoms with Gasteiger partial charge in [0, 0.05) is 6.42 Å². The second-order valence-corrected chi connectivity index (χ2v) is 7.49. The fourth-order valence-corrected chi connectivity index (χ4v) is 3.93. The van der Waals surface area contributed by atoms with E-state index in [1.54, 1.807) is 10.8 Å². The summed E-state index contributed by atoms with van der Waals surface area (Å²) in [5.74, 6) is 0.767. The molecule has 0 amide bonds. The molecule has 3 aromatic carbocycles. The molecule has 30 heavy (non-hydrogen) atoms. The van der Waals surface area contributed by atoms with Gasteiger partial charge in [0.05, 0.1) is 17.3 Å². The number of hydrogen-bond acceptors (Lipinski definition) is 4. The Labute approximate surface area is 172 Å². The molecule has 6 nitrogen and oxygen atoms in total. The summed E-state index contributed by atoms with van der Waals surface area (Å²) in [6, 6.07) is 23.0. The Morgan fingerprint density at radius 2 is 1.67 bits per heavy atom. The van der Waals surface area contributed by atoms with Crippen LogP contribution in [0.5, 0.6) is 0 Å². The van der Waals surface area contributed by atoms with E-state index < -0.39 is 0 Å². The van der Waals surface area contributed by atoms with Gasteiger partial charge in [-0.05, 0) is 35.4 Å². The standard InChI is InChI=1S/C24H18N6/c1-16-9-11-19(12-10-16)30-23-21(14-26-30)24-27-22(28-29(24)15-25-23)13-18-7-4-6-17-5-2-3-8-20(17)18/h2-12,14-15H,13H2,1H3. The van der Waals surface area contributed by atoms with Gasteiger partial charge < -0.3 is 0 Å². The number of aromatic nitrogens is 6. The van der Waals surface area contributed by atoms with Gasteiger partial charge in [0.25, 0.3) is 0 Å². The first-order valence-corrected chi connectivity index (χ1v) is 9.88. The lowest BCUT2D eigenvalue weighted by molar-refractivity contribution is 0.866. The largest absolute Gasteiger partial charge is 0.216 e. The molecule has 0 radical (unpaired) electrons. The number of benzene rings is 3. The first kappa shape index (κ1) is 16.9. The Kier molecular flexibility index (Phi) is 3.64. The molecule has 0 N–H and O–H groups in total. The van der Waals surface area contributed by atoms with Gasteiger partial charge in [-0.25, -0.2) is 19.2 Å². The molecule has 3 heterocycles. The minimum atomic E-state index is 0.663. The summed E-state index contributed by atoms with van der Waals surface area (Å²) in [6.07, 6.45) is 4.19. The highest BCUT2D eigenvalue weighted by Crippen LogP contribution is 2.23. The average Bonchev–Trinajstić information content (AvgIpc) is 3.38. The second-order valence-electron chi connectivity index (χ2n) is 7.49. The zero-order valence-electron chi connectivity index (χ0n) is 16.4. The monoisotopic (exact) mass is 390 g/mol. The van der Waals surface area contributed by atoms with Crippen LogP contribution in [0.1, 0.15) is 17.0 Å². The van der Waals surface area contributed by atoms with E-state index in [2.05, 4.69) is 76.7 Å². The molecule has 0 unspecified atom stereocenters. The molecule has 0 spiro atoms. The topological polar surface area (TPSA) is 60.9 Å². The SMILES string of the molecule is Cc1ccc(-n2ncc3c2ncn2nc(Cc4cccc5ccccc45)nc32)cc1. The van der Waals surface area contributed by atoms with E-state index >= 15 is 0 Å². The highest BCUT2D eigenvalue weighted by atomic mass is 15.3. The van der Waals surface area contributed by atoms with Crippen LogP contribution in [0.3, 0.4) is 0 Å². The molecule has 6 heteroatoms. The average molecular weight is 390 g/mol. The van der Waals surface area contributed by atoms with E-state index in [1.807, 2.05) is 23.0 Å². The Morgan fingerprint density at radius 3 is 2.57 bits per heavy atom. The molecule has 144 valence electrons. The van der Waals surface area contributed by atoms with E-state index in [0.29, 0.717) is 6.42 Å². The summed E-state index contributed by atoms with van der Waals surface area (Å²) in [5.41, 5.74) is 4.94. The maximum Gasteiger partial charge on any atom is 0.170 e. The van der Waals surface area contributed by atoms with Gasteiger partial charge in [-0.2, -0.15) is 5.10 Å². The molecule has 0 saturated carbocycles. The first-order chi connectivity index (χ1) is 14.8. The maximum atomic E-state index is 4.82. The number of hydrogen-bond donors (Lipinski definition) is 0. The van der Waals surface area contributed by atoms with Crippen LogP contribution >= 0.6 is 0 Å². The molecule has 6 aromatic rings. The van der Waals surface area contributed by atoms with Gasteiger partial charge in [-0.1, -0.05) is 60.2 Å². The zero-order chi connectivity index (χ0) is 20.1. The van der Waals surface area contributed by atoms with E-state index in [4.69, 9.17) is 4.98 Å². The minimum absolute atomic E-state index is 0.663. The van der Waals surface area contributed by atoms with Crippen molar-refractivity contribution in [3.05, 3.63) is 96.2 Å². The Balaban J connectivity index is 1.45. The van der Waals surface area contributed by atoms with Crippen molar-refractivity contribution < 1.29 is 0 Å². The van der Waals surface area contributed by atoms with Crippen LogP contribution in [0.25, 0.3) is 33.1 Å². The van der Waals surface area contributed by atoms with Crippen molar-refractivity contribution in [1.82, 2.24) is 29.4 Å². The predicted octanol–water partition coefficient (Wildman–Crippen LogP) is 4.52. The van der Waals surface area contributed by atoms with Gasteiger partial charge in [0.1, 0.15) is 6.33 Å². The van der Waals surface area contributed by atoms with Crippen molar-refractivity contribution in [2.45, 2.75) is 13.3 Å². The summed E-state index contributed by atoms with van der Waals surface area (Å²) < 4.78 is 3.58. The lowest BCUT2D eigenvalue weighted by atomic mass is 10.0. The van der Waals surface area contributed by atoms with Crippen LogP contribution in [0, 0.1) is 6.92 Å². The van der Waals surface area contributed by atoms with Crippen molar-refractivity contribution in [3.8, 4) is 5.69 Å². The summed E-state index contributed by atoms with van der Waals surface area (Å²) in [4.78, 5) is 9.42. The quantitative estimate of drug-likeness (QED) is 0.446. The summed E-state index contributed by atoms with van der Waals surface area (Å²) in [5, 5.41) is 12.6. The second kappa shape index (κ2) is 6.49. The molecule has 0 bridgehead atoms. The molecule has 6 rings (SSSR count). The first-order valence-electron chi connectivity index (χ1n) is 9.88. The van der Waals surface area contributed by atoms with Crippen molar-refractivity contribution in [3.63, 3.8) is 0 Å². The van der Waals surface area contributed by atoms with Gasteiger partial charge in [-0.15, -0.1) is 5.10 Å². The number of fused-ring (bicyclic) bond motifs is 4. The number of rotatable bonds is 3. The van der Waals surface area contributed by atoms with Crippen molar-refractivity contribution in [2.24, 2.45) is 0 Å². The van der Waals surface area contributed by atoms with E-state index in [-0.39, 0.29) is 0 Å². The van der Waals surface area contributed by atoms with E-state index in [9.17, 15) is 0 Å². The van der Waals surface area contributed by atoms with Gasteiger partial charge in [0.2, 0.25) is 0 Å². The molecular weight excluding hydrogens is 372 g/mol. The summed E-state index contributed by atoms with van der Waals surface area (Å²) in [6.45, 7) is 2.07. The van der Waals surface area contributed by atoms with Crippen molar-refractivity contribution in [2.75, 3.05) is 0 Å². The molecule has 0 saturated heterocycles. The highest BCUT2D eigenvalue weighted by molar-refractivity contribution is 5.89. The third kappa shape index (κ3) is 2.65. The van der Waals surface area contributed by atoms with Gasteiger partial charge in [0.15, 0.2) is 17.1 Å². The normalized spacial score (nSPS) is 11.6. The highest BCUT2D eigenvalue weighted by Gasteiger charge is 2.14. The number of aryl methyl sites for hydroxylation is 1. The lowest BCUT2D eigenvalue weighted by Gasteiger charge is -2.03. The van der Waals surface area contributed by atoms with Crippen LogP contribution < -0.4 is 0 Å². The maximum absolute atomic E-state index is 4.82. The third-order valence-corrected chi connectivity index (χ3v) is 5.46. The Morgan fingerprint density at radius 1 is 0.833 bits per heavy atom. The van der Waals surface area contributed by atoms with Crippen molar-refractivity contribution in [1.29, 1.82) is 0 Å². The smallest absolute Gasteiger partial charge is 0.170 e. The third-order valence-electron chi connectivity index (χ3n) is 5.46. The van der Waals surface area contributed by atoms with Crippen LogP contribution in [0.2, 0.25) is 0 Å². The van der Waals surface area contributed by atoms with Crippen molar-refractivity contribution >= 4 is 27.5 Å². The summed E-state index contributed by atoms with van der Waals surface area (Å²) in [7, 11) is 0. The van der Waals surface area contributed by atoms with Crippen LogP contribution in [-0.2, 0) is 6.42 Å². The summed E-state index contributed by atoms with van der Waals surface area (Å²) >= 11 is 0. The fraction of sp³-hybridized carbons (Fsp3) is 0.0833. The molecule has 0 atom stereocenters. The van der Waals surface area contributed by atoms with E-state index in [1.165, 1.54) is 21.9 Å². The molecule has 3 aromatic heterocycles. The van der Waals surface area contributed by atoms with Crippen LogP contribution in [0.4, 0.5) is 0 Å². The van der Waals surface area contributed by atoms with Crippen LogP contribution in [-0.4, -0.2) is 29.4 Å². The van der Waals surface area contributed by atoms with E-state index in [0.717, 1.165) is 28.2 Å². The molecule has 0 aliphatic heterocycles. The zero-order valence-corrected chi connectivity index (χ0v) is 16.4. The molecule has 0 aliphatic carbocycles. The van der Waals surface area contributed by atoms with Gasteiger partial charge in [-0.3, -0.25) is 0 Å². The Hall–Kier alpha value is -4.06. The number of nitrogens with zero attached hydrogens (tertiary/aromatic N) is 6. The molecular formula is C24H18N6. The predicted molar refractivity (Wildman–Crippen MR) is 117 cm³/mol. The fourth-order valence-electron chi connectivity index (χ4n) is 3.93. The molecule has 0 fully saturated rings.